The monoisotopic (exact) mass is 198 g/mol. The van der Waals surface area contributed by atoms with E-state index < -0.39 is 0 Å². The van der Waals surface area contributed by atoms with E-state index in [0.717, 1.165) is 12.3 Å². The first-order valence-electron chi connectivity index (χ1n) is 5.81. The van der Waals surface area contributed by atoms with E-state index in [4.69, 9.17) is 0 Å². The highest BCUT2D eigenvalue weighted by atomic mass is 16.3. The molecule has 0 aromatic carbocycles. The number of nitroso groups, excluding NO2 is 1. The first kappa shape index (κ1) is 11.6. The van der Waals surface area contributed by atoms with Crippen LogP contribution in [0.4, 0.5) is 0 Å². The molecule has 0 bridgehead atoms. The van der Waals surface area contributed by atoms with E-state index in [2.05, 4.69) is 30.8 Å². The standard InChI is InChI=1S/C11H22N2O/c1-5-9(6-2)11-10(7-3)13(11)8(4)12-14/h8-11H,5-7H2,1-4H3. The van der Waals surface area contributed by atoms with Gasteiger partial charge in [-0.05, 0) is 19.3 Å². The van der Waals surface area contributed by atoms with Crippen molar-refractivity contribution >= 4 is 0 Å². The summed E-state index contributed by atoms with van der Waals surface area (Å²) in [5, 5.41) is 3.13. The van der Waals surface area contributed by atoms with Crippen molar-refractivity contribution in [2.45, 2.75) is 65.2 Å². The van der Waals surface area contributed by atoms with Gasteiger partial charge >= 0.3 is 0 Å². The quantitative estimate of drug-likeness (QED) is 0.485. The zero-order chi connectivity index (χ0) is 10.7. The molecule has 4 unspecified atom stereocenters. The molecule has 0 aromatic rings. The van der Waals surface area contributed by atoms with Crippen molar-refractivity contribution in [3.63, 3.8) is 0 Å². The summed E-state index contributed by atoms with van der Waals surface area (Å²) in [7, 11) is 0. The topological polar surface area (TPSA) is 32.4 Å². The summed E-state index contributed by atoms with van der Waals surface area (Å²) < 4.78 is 0. The van der Waals surface area contributed by atoms with Crippen molar-refractivity contribution in [2.75, 3.05) is 0 Å². The lowest BCUT2D eigenvalue weighted by Gasteiger charge is -2.12. The van der Waals surface area contributed by atoms with Crippen LogP contribution in [0.2, 0.25) is 0 Å². The lowest BCUT2D eigenvalue weighted by molar-refractivity contribution is 0.330. The molecule has 0 aromatic heterocycles. The number of hydrogen-bond donors (Lipinski definition) is 0. The Morgan fingerprint density at radius 3 is 2.21 bits per heavy atom. The van der Waals surface area contributed by atoms with Crippen LogP contribution >= 0.6 is 0 Å². The van der Waals surface area contributed by atoms with E-state index in [9.17, 15) is 4.91 Å². The molecule has 1 fully saturated rings. The van der Waals surface area contributed by atoms with Crippen molar-refractivity contribution in [3.05, 3.63) is 4.91 Å². The minimum absolute atomic E-state index is 0.134. The third-order valence-electron chi connectivity index (χ3n) is 3.57. The van der Waals surface area contributed by atoms with Gasteiger partial charge in [-0.3, -0.25) is 4.90 Å². The Morgan fingerprint density at radius 1 is 1.29 bits per heavy atom. The molecule has 3 nitrogen and oxygen atoms in total. The van der Waals surface area contributed by atoms with Crippen LogP contribution in [-0.2, 0) is 0 Å². The molecule has 0 aliphatic carbocycles. The molecule has 3 heteroatoms. The van der Waals surface area contributed by atoms with Crippen molar-refractivity contribution in [1.82, 2.24) is 4.90 Å². The highest BCUT2D eigenvalue weighted by molar-refractivity contribution is 5.05. The fourth-order valence-electron chi connectivity index (χ4n) is 2.68. The van der Waals surface area contributed by atoms with Crippen molar-refractivity contribution < 1.29 is 0 Å². The van der Waals surface area contributed by atoms with Gasteiger partial charge in [-0.15, -0.1) is 4.91 Å². The van der Waals surface area contributed by atoms with E-state index in [1.807, 2.05) is 6.92 Å². The normalized spacial score (nSPS) is 33.1. The Kier molecular flexibility index (Phi) is 4.05. The lowest BCUT2D eigenvalue weighted by atomic mass is 9.96. The number of nitrogens with zero attached hydrogens (tertiary/aromatic N) is 2. The Morgan fingerprint density at radius 2 is 1.86 bits per heavy atom. The van der Waals surface area contributed by atoms with Gasteiger partial charge in [0.25, 0.3) is 0 Å². The molecule has 14 heavy (non-hydrogen) atoms. The van der Waals surface area contributed by atoms with E-state index >= 15 is 0 Å². The van der Waals surface area contributed by atoms with Crippen LogP contribution in [0.1, 0.15) is 47.0 Å². The van der Waals surface area contributed by atoms with Gasteiger partial charge in [0.05, 0.1) is 0 Å². The molecular weight excluding hydrogens is 176 g/mol. The van der Waals surface area contributed by atoms with E-state index in [1.54, 1.807) is 0 Å². The summed E-state index contributed by atoms with van der Waals surface area (Å²) in [6.07, 6.45) is 3.42. The maximum Gasteiger partial charge on any atom is 0.142 e. The van der Waals surface area contributed by atoms with Gasteiger partial charge in [0.1, 0.15) is 6.17 Å². The van der Waals surface area contributed by atoms with Crippen LogP contribution in [0.25, 0.3) is 0 Å². The minimum Gasteiger partial charge on any atom is -0.270 e. The Labute approximate surface area is 86.8 Å². The van der Waals surface area contributed by atoms with E-state index in [1.165, 1.54) is 12.8 Å². The fraction of sp³-hybridized carbons (Fsp3) is 1.00. The van der Waals surface area contributed by atoms with Gasteiger partial charge in [0.2, 0.25) is 0 Å². The largest absolute Gasteiger partial charge is 0.270 e. The summed E-state index contributed by atoms with van der Waals surface area (Å²) in [5.74, 6) is 0.740. The number of hydrogen-bond acceptors (Lipinski definition) is 3. The van der Waals surface area contributed by atoms with Crippen LogP contribution in [0.5, 0.6) is 0 Å². The molecule has 0 spiro atoms. The van der Waals surface area contributed by atoms with Gasteiger partial charge in [-0.25, -0.2) is 0 Å². The van der Waals surface area contributed by atoms with Crippen LogP contribution in [0.15, 0.2) is 5.18 Å². The lowest BCUT2D eigenvalue weighted by Crippen LogP contribution is -2.18. The van der Waals surface area contributed by atoms with Crippen LogP contribution in [0.3, 0.4) is 0 Å². The molecule has 1 aliphatic rings. The van der Waals surface area contributed by atoms with Gasteiger partial charge in [-0.2, -0.15) is 0 Å². The van der Waals surface area contributed by atoms with Crippen molar-refractivity contribution in [3.8, 4) is 0 Å². The van der Waals surface area contributed by atoms with Crippen LogP contribution in [0, 0.1) is 10.8 Å². The average molecular weight is 198 g/mol. The van der Waals surface area contributed by atoms with Gasteiger partial charge in [0, 0.05) is 12.1 Å². The summed E-state index contributed by atoms with van der Waals surface area (Å²) >= 11 is 0. The molecule has 82 valence electrons. The van der Waals surface area contributed by atoms with Gasteiger partial charge < -0.3 is 0 Å². The maximum absolute atomic E-state index is 10.5. The maximum atomic E-state index is 10.5. The van der Waals surface area contributed by atoms with Gasteiger partial charge in [-0.1, -0.05) is 38.8 Å². The molecule has 1 saturated heterocycles. The van der Waals surface area contributed by atoms with Gasteiger partial charge in [0.15, 0.2) is 0 Å². The number of rotatable bonds is 6. The average Bonchev–Trinajstić information content (AvgIpc) is 2.93. The highest BCUT2D eigenvalue weighted by Gasteiger charge is 2.52. The second kappa shape index (κ2) is 4.87. The van der Waals surface area contributed by atoms with Crippen molar-refractivity contribution in [1.29, 1.82) is 0 Å². The molecule has 1 aliphatic heterocycles. The molecule has 1 heterocycles. The summed E-state index contributed by atoms with van der Waals surface area (Å²) in [5.41, 5.74) is 0. The second-order valence-corrected chi connectivity index (χ2v) is 4.23. The molecule has 0 saturated carbocycles. The second-order valence-electron chi connectivity index (χ2n) is 4.23. The Hall–Kier alpha value is -0.440. The predicted octanol–water partition coefficient (Wildman–Crippen LogP) is 3.00. The highest BCUT2D eigenvalue weighted by Crippen LogP contribution is 2.41. The van der Waals surface area contributed by atoms with Crippen LogP contribution < -0.4 is 0 Å². The molecule has 0 N–H and O–H groups in total. The van der Waals surface area contributed by atoms with E-state index in [0.29, 0.717) is 12.1 Å². The first-order valence-corrected chi connectivity index (χ1v) is 5.81. The zero-order valence-corrected chi connectivity index (χ0v) is 9.73. The van der Waals surface area contributed by atoms with Crippen LogP contribution in [-0.4, -0.2) is 23.1 Å². The third-order valence-corrected chi connectivity index (χ3v) is 3.57. The Balaban J connectivity index is 2.58. The molecule has 4 atom stereocenters. The van der Waals surface area contributed by atoms with Crippen molar-refractivity contribution in [2.24, 2.45) is 11.1 Å². The predicted molar refractivity (Wildman–Crippen MR) is 59.0 cm³/mol. The summed E-state index contributed by atoms with van der Waals surface area (Å²) in [6.45, 7) is 8.56. The smallest absolute Gasteiger partial charge is 0.142 e. The fourth-order valence-corrected chi connectivity index (χ4v) is 2.68. The van der Waals surface area contributed by atoms with E-state index in [-0.39, 0.29) is 6.17 Å². The summed E-state index contributed by atoms with van der Waals surface area (Å²) in [6, 6.07) is 1.22. The summed E-state index contributed by atoms with van der Waals surface area (Å²) in [4.78, 5) is 12.8. The molecule has 0 radical (unpaired) electrons. The zero-order valence-electron chi connectivity index (χ0n) is 9.73. The molecule has 0 amide bonds. The molecular formula is C11H22N2O. The Bertz CT molecular complexity index is 192. The SMILES string of the molecule is CCC(CC)C1C(CC)N1C(C)N=O. The minimum atomic E-state index is -0.134. The third kappa shape index (κ3) is 1.97. The molecule has 1 rings (SSSR count). The first-order chi connectivity index (χ1) is 6.71.